The van der Waals surface area contributed by atoms with Gasteiger partial charge in [-0.3, -0.25) is 4.79 Å². The molecule has 0 aliphatic carbocycles. The van der Waals surface area contributed by atoms with E-state index in [2.05, 4.69) is 5.32 Å². The van der Waals surface area contributed by atoms with Gasteiger partial charge in [-0.25, -0.2) is 8.42 Å². The number of rotatable bonds is 9. The molecule has 0 aromatic carbocycles. The monoisotopic (exact) mass is 369 g/mol. The van der Waals surface area contributed by atoms with E-state index in [1.165, 1.54) is 0 Å². The number of carbonyl (C=O) groups is 1. The van der Waals surface area contributed by atoms with E-state index < -0.39 is 10.0 Å². The maximum absolute atomic E-state index is 12.7. The maximum atomic E-state index is 12.7. The summed E-state index contributed by atoms with van der Waals surface area (Å²) in [4.78, 5) is 11.6. The smallest absolute Gasteiger partial charge is 0.221 e. The summed E-state index contributed by atoms with van der Waals surface area (Å²) in [6.07, 6.45) is 4.75. The van der Waals surface area contributed by atoms with Crippen LogP contribution in [0.4, 0.5) is 0 Å². The zero-order chi connectivity index (χ0) is 16.6. The summed E-state index contributed by atoms with van der Waals surface area (Å²) in [6, 6.07) is -0.116. The third-order valence-electron chi connectivity index (χ3n) is 4.44. The summed E-state index contributed by atoms with van der Waals surface area (Å²) in [5.41, 5.74) is 5.35. The van der Waals surface area contributed by atoms with Crippen molar-refractivity contribution in [1.29, 1.82) is 0 Å². The summed E-state index contributed by atoms with van der Waals surface area (Å²) in [6.45, 7) is 5.34. The Morgan fingerprint density at radius 3 is 2.52 bits per heavy atom. The van der Waals surface area contributed by atoms with Crippen LogP contribution in [-0.4, -0.2) is 50.1 Å². The fraction of sp³-hybridized carbons (Fsp3) is 0.933. The quantitative estimate of drug-likeness (QED) is 0.644. The number of nitrogens with one attached hydrogen (secondary N) is 1. The van der Waals surface area contributed by atoms with Gasteiger partial charge in [0, 0.05) is 32.1 Å². The average molecular weight is 370 g/mol. The lowest BCUT2D eigenvalue weighted by Crippen LogP contribution is -2.50. The topological polar surface area (TPSA) is 92.5 Å². The molecule has 1 amide bonds. The minimum absolute atomic E-state index is 0. The highest BCUT2D eigenvalue weighted by atomic mass is 35.5. The number of sulfonamides is 1. The lowest BCUT2D eigenvalue weighted by atomic mass is 10.1. The van der Waals surface area contributed by atoms with Gasteiger partial charge in [0.1, 0.15) is 0 Å². The van der Waals surface area contributed by atoms with Gasteiger partial charge in [-0.15, -0.1) is 12.4 Å². The molecule has 1 atom stereocenters. The molecule has 0 saturated carbocycles. The van der Waals surface area contributed by atoms with Gasteiger partial charge in [0.25, 0.3) is 0 Å². The molecule has 138 valence electrons. The lowest BCUT2D eigenvalue weighted by Gasteiger charge is -2.35. The van der Waals surface area contributed by atoms with Crippen molar-refractivity contribution < 1.29 is 13.2 Å². The second kappa shape index (κ2) is 11.2. The van der Waals surface area contributed by atoms with Gasteiger partial charge in [0.05, 0.1) is 5.75 Å². The molecule has 0 bridgehead atoms. The summed E-state index contributed by atoms with van der Waals surface area (Å²) in [7, 11) is -3.26. The van der Waals surface area contributed by atoms with Crippen LogP contribution in [0.2, 0.25) is 0 Å². The van der Waals surface area contributed by atoms with E-state index >= 15 is 0 Å². The van der Waals surface area contributed by atoms with E-state index in [1.54, 1.807) is 4.31 Å². The predicted molar refractivity (Wildman–Crippen MR) is 96.1 cm³/mol. The van der Waals surface area contributed by atoms with E-state index in [1.807, 2.05) is 13.8 Å². The SMILES string of the molecule is CCC(CC)CS(=O)(=O)N1CCCCC1CNC(=O)CCN.Cl. The largest absolute Gasteiger partial charge is 0.354 e. The third-order valence-corrected chi connectivity index (χ3v) is 6.53. The van der Waals surface area contributed by atoms with Crippen LogP contribution in [0, 0.1) is 5.92 Å². The zero-order valence-corrected chi connectivity index (χ0v) is 15.9. The van der Waals surface area contributed by atoms with Crippen LogP contribution in [0.1, 0.15) is 52.4 Å². The van der Waals surface area contributed by atoms with E-state index in [4.69, 9.17) is 5.73 Å². The van der Waals surface area contributed by atoms with Crippen molar-refractivity contribution in [1.82, 2.24) is 9.62 Å². The van der Waals surface area contributed by atoms with Gasteiger partial charge < -0.3 is 11.1 Å². The van der Waals surface area contributed by atoms with Gasteiger partial charge in [-0.2, -0.15) is 4.31 Å². The molecule has 1 fully saturated rings. The third kappa shape index (κ3) is 7.37. The molecule has 3 N–H and O–H groups in total. The number of nitrogens with zero attached hydrogens (tertiary/aromatic N) is 1. The Labute approximate surface area is 147 Å². The Balaban J connectivity index is 0.00000484. The van der Waals surface area contributed by atoms with Crippen molar-refractivity contribution in [2.45, 2.75) is 58.4 Å². The average Bonchev–Trinajstić information content (AvgIpc) is 2.51. The summed E-state index contributed by atoms with van der Waals surface area (Å²) in [5.74, 6) is 0.317. The first-order valence-electron chi connectivity index (χ1n) is 8.40. The lowest BCUT2D eigenvalue weighted by molar-refractivity contribution is -0.121. The molecule has 23 heavy (non-hydrogen) atoms. The number of halogens is 1. The van der Waals surface area contributed by atoms with Gasteiger partial charge in [0.2, 0.25) is 15.9 Å². The Morgan fingerprint density at radius 1 is 1.30 bits per heavy atom. The second-order valence-corrected chi connectivity index (χ2v) is 8.03. The number of hydrogen-bond acceptors (Lipinski definition) is 4. The van der Waals surface area contributed by atoms with Crippen LogP contribution < -0.4 is 11.1 Å². The normalized spacial score (nSPS) is 19.4. The highest BCUT2D eigenvalue weighted by molar-refractivity contribution is 7.89. The first kappa shape index (κ1) is 22.6. The fourth-order valence-electron chi connectivity index (χ4n) is 2.91. The van der Waals surface area contributed by atoms with Crippen molar-refractivity contribution in [2.75, 3.05) is 25.4 Å². The molecule has 6 nitrogen and oxygen atoms in total. The molecular weight excluding hydrogens is 338 g/mol. The molecule has 8 heteroatoms. The Hall–Kier alpha value is -0.370. The van der Waals surface area contributed by atoms with Crippen LogP contribution >= 0.6 is 12.4 Å². The number of amides is 1. The maximum Gasteiger partial charge on any atom is 0.221 e. The van der Waals surface area contributed by atoms with Gasteiger partial charge in [-0.05, 0) is 18.8 Å². The molecule has 1 unspecified atom stereocenters. The first-order valence-corrected chi connectivity index (χ1v) is 10.0. The Kier molecular flexibility index (Phi) is 11.1. The van der Waals surface area contributed by atoms with Crippen molar-refractivity contribution in [3.63, 3.8) is 0 Å². The number of carbonyl (C=O) groups excluding carboxylic acids is 1. The van der Waals surface area contributed by atoms with E-state index in [9.17, 15) is 13.2 Å². The summed E-state index contributed by atoms with van der Waals surface area (Å²) in [5, 5.41) is 2.81. The van der Waals surface area contributed by atoms with Gasteiger partial charge in [-0.1, -0.05) is 33.1 Å². The van der Waals surface area contributed by atoms with Crippen molar-refractivity contribution in [3.05, 3.63) is 0 Å². The van der Waals surface area contributed by atoms with Crippen LogP contribution in [0.25, 0.3) is 0 Å². The Bertz CT molecular complexity index is 441. The van der Waals surface area contributed by atoms with Crippen LogP contribution in [-0.2, 0) is 14.8 Å². The minimum Gasteiger partial charge on any atom is -0.354 e. The van der Waals surface area contributed by atoms with E-state index in [-0.39, 0.29) is 42.4 Å². The minimum atomic E-state index is -3.26. The summed E-state index contributed by atoms with van der Waals surface area (Å²) < 4.78 is 27.0. The van der Waals surface area contributed by atoms with Crippen LogP contribution in [0.3, 0.4) is 0 Å². The zero-order valence-electron chi connectivity index (χ0n) is 14.3. The van der Waals surface area contributed by atoms with Crippen LogP contribution in [0.15, 0.2) is 0 Å². The molecule has 0 aromatic rings. The van der Waals surface area contributed by atoms with Crippen LogP contribution in [0.5, 0.6) is 0 Å². The number of hydrogen-bond donors (Lipinski definition) is 2. The molecule has 0 aromatic heterocycles. The van der Waals surface area contributed by atoms with E-state index in [0.717, 1.165) is 32.1 Å². The Morgan fingerprint density at radius 2 is 1.96 bits per heavy atom. The number of nitrogens with two attached hydrogens (primary N) is 1. The summed E-state index contributed by atoms with van der Waals surface area (Å²) >= 11 is 0. The molecule has 0 spiro atoms. The van der Waals surface area contributed by atoms with Gasteiger partial charge >= 0.3 is 0 Å². The molecule has 1 aliphatic heterocycles. The highest BCUT2D eigenvalue weighted by Crippen LogP contribution is 2.23. The molecule has 1 heterocycles. The second-order valence-electron chi connectivity index (χ2n) is 6.06. The van der Waals surface area contributed by atoms with E-state index in [0.29, 0.717) is 19.6 Å². The molecular formula is C15H32ClN3O3S. The van der Waals surface area contributed by atoms with Crippen molar-refractivity contribution in [3.8, 4) is 0 Å². The molecule has 1 rings (SSSR count). The standard InChI is InChI=1S/C15H31N3O3S.ClH/c1-3-13(4-2)12-22(20,21)18-10-6-5-7-14(18)11-17-15(19)8-9-16;/h13-14H,3-12,16H2,1-2H3,(H,17,19);1H. The molecule has 0 radical (unpaired) electrons. The predicted octanol–water partition coefficient (Wildman–Crippen LogP) is 1.49. The first-order chi connectivity index (χ1) is 10.4. The van der Waals surface area contributed by atoms with Gasteiger partial charge in [0.15, 0.2) is 0 Å². The van der Waals surface area contributed by atoms with Crippen molar-refractivity contribution >= 4 is 28.3 Å². The van der Waals surface area contributed by atoms with Crippen molar-refractivity contribution in [2.24, 2.45) is 11.7 Å². The highest BCUT2D eigenvalue weighted by Gasteiger charge is 2.33. The fourth-order valence-corrected chi connectivity index (χ4v) is 5.21. The molecule has 1 aliphatic rings. The number of piperidine rings is 1. The molecule has 1 saturated heterocycles.